The predicted octanol–water partition coefficient (Wildman–Crippen LogP) is 3.71. The maximum Gasteiger partial charge on any atom is 0.270 e. The smallest absolute Gasteiger partial charge is 0.270 e. The molecule has 2 aromatic rings. The number of methoxy groups -OCH3 is 1. The normalized spacial score (nSPS) is 17.5. The zero-order valence-corrected chi connectivity index (χ0v) is 17.8. The van der Waals surface area contributed by atoms with Gasteiger partial charge in [0.1, 0.15) is 11.4 Å². The highest BCUT2D eigenvalue weighted by atomic mass is 35.5. The largest absolute Gasteiger partial charge is 0.497 e. The van der Waals surface area contributed by atoms with Crippen molar-refractivity contribution in [3.8, 4) is 5.75 Å². The Balaban J connectivity index is 1.49. The van der Waals surface area contributed by atoms with Gasteiger partial charge in [-0.05, 0) is 55.5 Å². The molecule has 1 saturated heterocycles. The molecule has 2 heterocycles. The molecule has 28 heavy (non-hydrogen) atoms. The van der Waals surface area contributed by atoms with Crippen molar-refractivity contribution in [2.45, 2.75) is 19.3 Å². The molecule has 1 aromatic carbocycles. The summed E-state index contributed by atoms with van der Waals surface area (Å²) in [6.07, 6.45) is 5.16. The van der Waals surface area contributed by atoms with Crippen LogP contribution in [0.25, 0.3) is 0 Å². The fourth-order valence-electron chi connectivity index (χ4n) is 3.99. The first-order chi connectivity index (χ1) is 13.5. The number of carbonyl (C=O) groups excluding carboxylic acids is 1. The maximum atomic E-state index is 12.7. The Morgan fingerprint density at radius 1 is 1.32 bits per heavy atom. The first-order valence-corrected chi connectivity index (χ1v) is 10.3. The van der Waals surface area contributed by atoms with Crippen molar-refractivity contribution < 1.29 is 9.53 Å². The quantitative estimate of drug-likeness (QED) is 0.707. The standard InChI is InChI=1S/C22H30ClN3O2/c1-24-16-19(23)13-21(24)22(27)25(2)14-18-5-4-11-26(15-18)12-10-17-6-8-20(28-3)9-7-17/h6-9,13,16,18H,4-5,10-12,14-15H2,1-3H3. The maximum absolute atomic E-state index is 12.7. The van der Waals surface area contributed by atoms with Crippen LogP contribution in [-0.4, -0.2) is 60.6 Å². The molecule has 1 atom stereocenters. The SMILES string of the molecule is COc1ccc(CCN2CCCC(CN(C)C(=O)c3cc(Cl)cn3C)C2)cc1. The number of hydrogen-bond acceptors (Lipinski definition) is 3. The fourth-order valence-corrected chi connectivity index (χ4v) is 4.24. The average Bonchev–Trinajstić information content (AvgIpc) is 3.04. The summed E-state index contributed by atoms with van der Waals surface area (Å²) in [5, 5.41) is 0.599. The van der Waals surface area contributed by atoms with Crippen molar-refractivity contribution in [1.29, 1.82) is 0 Å². The molecule has 0 N–H and O–H groups in total. The molecular formula is C22H30ClN3O2. The molecule has 0 saturated carbocycles. The first-order valence-electron chi connectivity index (χ1n) is 9.89. The van der Waals surface area contributed by atoms with Gasteiger partial charge >= 0.3 is 0 Å². The number of ether oxygens (including phenoxy) is 1. The van der Waals surface area contributed by atoms with Crippen LogP contribution in [0.3, 0.4) is 0 Å². The van der Waals surface area contributed by atoms with Crippen LogP contribution < -0.4 is 4.74 Å². The first kappa shape index (κ1) is 20.7. The molecule has 0 spiro atoms. The zero-order valence-electron chi connectivity index (χ0n) is 17.0. The average molecular weight is 404 g/mol. The van der Waals surface area contributed by atoms with Gasteiger partial charge in [0.15, 0.2) is 0 Å². The third kappa shape index (κ3) is 5.30. The Kier molecular flexibility index (Phi) is 7.03. The van der Waals surface area contributed by atoms with Crippen LogP contribution in [-0.2, 0) is 13.5 Å². The van der Waals surface area contributed by atoms with Crippen molar-refractivity contribution in [2.75, 3.05) is 40.3 Å². The van der Waals surface area contributed by atoms with Gasteiger partial charge in [0, 0.05) is 39.9 Å². The molecule has 1 fully saturated rings. The summed E-state index contributed by atoms with van der Waals surface area (Å²) in [4.78, 5) is 17.1. The van der Waals surface area contributed by atoms with Gasteiger partial charge in [0.25, 0.3) is 5.91 Å². The number of piperidine rings is 1. The van der Waals surface area contributed by atoms with Crippen LogP contribution in [0.2, 0.25) is 5.02 Å². The number of halogens is 1. The van der Waals surface area contributed by atoms with Crippen molar-refractivity contribution >= 4 is 17.5 Å². The van der Waals surface area contributed by atoms with Gasteiger partial charge in [-0.2, -0.15) is 0 Å². The van der Waals surface area contributed by atoms with Gasteiger partial charge in [-0.15, -0.1) is 0 Å². The van der Waals surface area contributed by atoms with Gasteiger partial charge in [0.05, 0.1) is 12.1 Å². The fraction of sp³-hybridized carbons (Fsp3) is 0.500. The number of likely N-dealkylation sites (tertiary alicyclic amines) is 1. The predicted molar refractivity (Wildman–Crippen MR) is 113 cm³/mol. The van der Waals surface area contributed by atoms with Crippen LogP contribution in [0.4, 0.5) is 0 Å². The Labute approximate surface area is 172 Å². The van der Waals surface area contributed by atoms with Gasteiger partial charge in [-0.1, -0.05) is 23.7 Å². The van der Waals surface area contributed by atoms with Crippen molar-refractivity contribution in [3.05, 3.63) is 52.8 Å². The van der Waals surface area contributed by atoms with Crippen LogP contribution >= 0.6 is 11.6 Å². The highest BCUT2D eigenvalue weighted by Gasteiger charge is 2.24. The lowest BCUT2D eigenvalue weighted by Crippen LogP contribution is -2.42. The van der Waals surface area contributed by atoms with Crippen LogP contribution in [0, 0.1) is 5.92 Å². The van der Waals surface area contributed by atoms with Crippen molar-refractivity contribution in [2.24, 2.45) is 13.0 Å². The van der Waals surface area contributed by atoms with E-state index in [0.29, 0.717) is 16.6 Å². The Morgan fingerprint density at radius 2 is 2.07 bits per heavy atom. The molecule has 5 nitrogen and oxygen atoms in total. The highest BCUT2D eigenvalue weighted by molar-refractivity contribution is 6.31. The van der Waals surface area contributed by atoms with E-state index in [1.165, 1.54) is 18.4 Å². The number of carbonyl (C=O) groups is 1. The Bertz CT molecular complexity index is 788. The molecule has 1 unspecified atom stereocenters. The number of amides is 1. The summed E-state index contributed by atoms with van der Waals surface area (Å²) < 4.78 is 7.02. The van der Waals surface area contributed by atoms with Crippen LogP contribution in [0.1, 0.15) is 28.9 Å². The molecular weight excluding hydrogens is 374 g/mol. The van der Waals surface area contributed by atoms with E-state index in [1.807, 2.05) is 31.1 Å². The monoisotopic (exact) mass is 403 g/mol. The number of nitrogens with zero attached hydrogens (tertiary/aromatic N) is 3. The minimum atomic E-state index is 0.0322. The molecule has 1 aliphatic heterocycles. The molecule has 6 heteroatoms. The molecule has 3 rings (SSSR count). The number of benzene rings is 1. The van der Waals surface area contributed by atoms with E-state index in [2.05, 4.69) is 17.0 Å². The van der Waals surface area contributed by atoms with Crippen molar-refractivity contribution in [1.82, 2.24) is 14.4 Å². The van der Waals surface area contributed by atoms with E-state index in [1.54, 1.807) is 23.9 Å². The summed E-state index contributed by atoms with van der Waals surface area (Å²) >= 11 is 6.02. The van der Waals surface area contributed by atoms with Gasteiger partial charge < -0.3 is 19.1 Å². The van der Waals surface area contributed by atoms with Crippen LogP contribution in [0.15, 0.2) is 36.5 Å². The third-order valence-electron chi connectivity index (χ3n) is 5.55. The molecule has 1 aliphatic rings. The number of rotatable bonds is 7. The van der Waals surface area contributed by atoms with E-state index in [9.17, 15) is 4.79 Å². The molecule has 152 valence electrons. The number of hydrogen-bond donors (Lipinski definition) is 0. The topological polar surface area (TPSA) is 37.7 Å². The molecule has 1 aromatic heterocycles. The number of aromatic nitrogens is 1. The minimum Gasteiger partial charge on any atom is -0.497 e. The van der Waals surface area contributed by atoms with E-state index in [-0.39, 0.29) is 5.91 Å². The van der Waals surface area contributed by atoms with E-state index < -0.39 is 0 Å². The minimum absolute atomic E-state index is 0.0322. The summed E-state index contributed by atoms with van der Waals surface area (Å²) in [7, 11) is 5.44. The lowest BCUT2D eigenvalue weighted by Gasteiger charge is -2.34. The van der Waals surface area contributed by atoms with Gasteiger partial charge in [-0.25, -0.2) is 0 Å². The van der Waals surface area contributed by atoms with Crippen molar-refractivity contribution in [3.63, 3.8) is 0 Å². The Morgan fingerprint density at radius 3 is 2.71 bits per heavy atom. The van der Waals surface area contributed by atoms with Crippen LogP contribution in [0.5, 0.6) is 5.75 Å². The van der Waals surface area contributed by atoms with E-state index >= 15 is 0 Å². The summed E-state index contributed by atoms with van der Waals surface area (Å²) in [5.41, 5.74) is 1.97. The molecule has 0 aliphatic carbocycles. The van der Waals surface area contributed by atoms with Gasteiger partial charge in [-0.3, -0.25) is 4.79 Å². The lowest BCUT2D eigenvalue weighted by molar-refractivity contribution is 0.0721. The second-order valence-electron chi connectivity index (χ2n) is 7.75. The summed E-state index contributed by atoms with van der Waals surface area (Å²) in [6, 6.07) is 10.0. The lowest BCUT2D eigenvalue weighted by atomic mass is 9.97. The van der Waals surface area contributed by atoms with E-state index in [0.717, 1.165) is 38.3 Å². The summed E-state index contributed by atoms with van der Waals surface area (Å²) in [6.45, 7) is 4.01. The molecule has 1 amide bonds. The summed E-state index contributed by atoms with van der Waals surface area (Å²) in [5.74, 6) is 1.44. The second kappa shape index (κ2) is 9.48. The molecule has 0 bridgehead atoms. The van der Waals surface area contributed by atoms with E-state index in [4.69, 9.17) is 16.3 Å². The highest BCUT2D eigenvalue weighted by Crippen LogP contribution is 2.20. The zero-order chi connectivity index (χ0) is 20.1. The number of aryl methyl sites for hydroxylation is 1. The second-order valence-corrected chi connectivity index (χ2v) is 8.18. The Hall–Kier alpha value is -1.98. The van der Waals surface area contributed by atoms with Gasteiger partial charge in [0.2, 0.25) is 0 Å². The third-order valence-corrected chi connectivity index (χ3v) is 5.76. The molecule has 0 radical (unpaired) electrons.